The van der Waals surface area contributed by atoms with Crippen molar-refractivity contribution in [2.45, 2.75) is 25.8 Å². The van der Waals surface area contributed by atoms with Crippen LogP contribution in [0.1, 0.15) is 25.5 Å². The Morgan fingerprint density at radius 1 is 1.62 bits per heavy atom. The number of aliphatic imine (C=N–C) groups is 1. The van der Waals surface area contributed by atoms with Crippen molar-refractivity contribution in [3.8, 4) is 0 Å². The number of hydrogen-bond donors (Lipinski definition) is 0. The third-order valence-electron chi connectivity index (χ3n) is 1.73. The molecule has 0 amide bonds. The monoisotopic (exact) mass is 175 g/mol. The van der Waals surface area contributed by atoms with Crippen LogP contribution in [0.5, 0.6) is 0 Å². The number of nitrogens with zero attached hydrogens (tertiary/aromatic N) is 2. The van der Waals surface area contributed by atoms with Crippen molar-refractivity contribution in [2.75, 3.05) is 0 Å². The Labute approximate surface area is 79.7 Å². The Kier molecular flexibility index (Phi) is 4.16. The Balaban J connectivity index is 2.49. The van der Waals surface area contributed by atoms with Crippen molar-refractivity contribution >= 4 is 6.21 Å². The van der Waals surface area contributed by atoms with Crippen molar-refractivity contribution in [1.29, 1.82) is 0 Å². The minimum absolute atomic E-state index is 0.159. The first-order valence-electron chi connectivity index (χ1n) is 4.60. The Hall–Kier alpha value is -1.18. The van der Waals surface area contributed by atoms with Crippen LogP contribution in [0, 0.1) is 6.92 Å². The minimum atomic E-state index is 0.159. The topological polar surface area (TPSA) is 25.2 Å². The summed E-state index contributed by atoms with van der Waals surface area (Å²) in [7, 11) is 0. The summed E-state index contributed by atoms with van der Waals surface area (Å²) in [5.41, 5.74) is 0.896. The maximum absolute atomic E-state index is 4.29. The molecule has 1 atom stereocenters. The number of aromatic nitrogens is 1. The summed E-state index contributed by atoms with van der Waals surface area (Å²) < 4.78 is 0. The fourth-order valence-corrected chi connectivity index (χ4v) is 1.04. The summed E-state index contributed by atoms with van der Waals surface area (Å²) in [5, 5.41) is 0. The molecule has 2 heteroatoms. The van der Waals surface area contributed by atoms with Crippen LogP contribution in [0.3, 0.4) is 0 Å². The molecule has 1 heterocycles. The molecule has 1 aromatic heterocycles. The molecule has 1 radical (unpaired) electrons. The lowest BCUT2D eigenvalue weighted by Crippen LogP contribution is -1.98. The van der Waals surface area contributed by atoms with Gasteiger partial charge in [-0.1, -0.05) is 19.4 Å². The highest BCUT2D eigenvalue weighted by Crippen LogP contribution is 1.99. The molecule has 0 aliphatic heterocycles. The van der Waals surface area contributed by atoms with Gasteiger partial charge in [-0.2, -0.15) is 0 Å². The molecule has 1 unspecified atom stereocenters. The van der Waals surface area contributed by atoms with Gasteiger partial charge < -0.3 is 0 Å². The zero-order valence-electron chi connectivity index (χ0n) is 7.98. The van der Waals surface area contributed by atoms with Gasteiger partial charge in [0.15, 0.2) is 0 Å². The fraction of sp³-hybridized carbons (Fsp3) is 0.364. The smallest absolute Gasteiger partial charge is 0.0807 e. The van der Waals surface area contributed by atoms with Crippen molar-refractivity contribution in [2.24, 2.45) is 4.99 Å². The molecule has 1 rings (SSSR count). The molecule has 0 fully saturated rings. The van der Waals surface area contributed by atoms with E-state index in [-0.39, 0.29) is 6.04 Å². The van der Waals surface area contributed by atoms with Crippen LogP contribution in [-0.4, -0.2) is 17.2 Å². The molecule has 0 saturated carbocycles. The quantitative estimate of drug-likeness (QED) is 0.645. The lowest BCUT2D eigenvalue weighted by Gasteiger charge is -2.01. The number of hydrogen-bond acceptors (Lipinski definition) is 2. The van der Waals surface area contributed by atoms with E-state index in [4.69, 9.17) is 0 Å². The summed E-state index contributed by atoms with van der Waals surface area (Å²) >= 11 is 0. The van der Waals surface area contributed by atoms with E-state index in [1.54, 1.807) is 12.4 Å². The summed E-state index contributed by atoms with van der Waals surface area (Å²) in [5.74, 6) is 0. The second-order valence-electron chi connectivity index (χ2n) is 2.98. The predicted octanol–water partition coefficient (Wildman–Crippen LogP) is 2.50. The van der Waals surface area contributed by atoms with Crippen molar-refractivity contribution in [1.82, 2.24) is 4.98 Å². The highest BCUT2D eigenvalue weighted by Gasteiger charge is 1.94. The lowest BCUT2D eigenvalue weighted by molar-refractivity contribution is 0.705. The molecule has 0 aromatic carbocycles. The van der Waals surface area contributed by atoms with Crippen LogP contribution in [0.4, 0.5) is 0 Å². The van der Waals surface area contributed by atoms with Gasteiger partial charge in [0, 0.05) is 12.4 Å². The van der Waals surface area contributed by atoms with Gasteiger partial charge in [-0.25, -0.2) is 0 Å². The largest absolute Gasteiger partial charge is 0.288 e. The van der Waals surface area contributed by atoms with Crippen LogP contribution in [0.2, 0.25) is 0 Å². The molecular weight excluding hydrogens is 160 g/mol. The van der Waals surface area contributed by atoms with E-state index < -0.39 is 0 Å². The summed E-state index contributed by atoms with van der Waals surface area (Å²) in [6, 6.07) is 5.94. The first-order valence-corrected chi connectivity index (χ1v) is 4.60. The number of pyridine rings is 1. The van der Waals surface area contributed by atoms with Gasteiger partial charge in [-0.3, -0.25) is 9.98 Å². The highest BCUT2D eigenvalue weighted by molar-refractivity contribution is 5.76. The molecule has 0 N–H and O–H groups in total. The van der Waals surface area contributed by atoms with Gasteiger partial charge in [0.25, 0.3) is 0 Å². The summed E-state index contributed by atoms with van der Waals surface area (Å²) in [6.45, 7) is 6.05. The van der Waals surface area contributed by atoms with E-state index >= 15 is 0 Å². The maximum Gasteiger partial charge on any atom is 0.0807 e. The minimum Gasteiger partial charge on any atom is -0.288 e. The zero-order valence-corrected chi connectivity index (χ0v) is 7.98. The Bertz CT molecular complexity index is 254. The lowest BCUT2D eigenvalue weighted by atomic mass is 10.2. The standard InChI is InChI=1S/C11H15N2/c1-3-6-10(2)13-9-11-7-4-5-8-12-11/h4-5,7-10H,2-3,6H2,1H3. The van der Waals surface area contributed by atoms with Crippen LogP contribution >= 0.6 is 0 Å². The van der Waals surface area contributed by atoms with Crippen molar-refractivity contribution in [3.05, 3.63) is 37.0 Å². The first kappa shape index (κ1) is 9.90. The molecule has 1 aromatic rings. The van der Waals surface area contributed by atoms with Crippen LogP contribution in [-0.2, 0) is 0 Å². The van der Waals surface area contributed by atoms with Crippen molar-refractivity contribution in [3.63, 3.8) is 0 Å². The Morgan fingerprint density at radius 2 is 2.46 bits per heavy atom. The van der Waals surface area contributed by atoms with Crippen LogP contribution in [0.15, 0.2) is 29.4 Å². The highest BCUT2D eigenvalue weighted by atomic mass is 14.8. The predicted molar refractivity (Wildman–Crippen MR) is 55.9 cm³/mol. The van der Waals surface area contributed by atoms with Gasteiger partial charge in [-0.05, 0) is 25.5 Å². The van der Waals surface area contributed by atoms with E-state index in [1.807, 2.05) is 18.2 Å². The van der Waals surface area contributed by atoms with Crippen molar-refractivity contribution < 1.29 is 0 Å². The molecule has 13 heavy (non-hydrogen) atoms. The van der Waals surface area contributed by atoms with Gasteiger partial charge in [0.05, 0.1) is 11.7 Å². The Morgan fingerprint density at radius 3 is 3.08 bits per heavy atom. The first-order chi connectivity index (χ1) is 6.33. The van der Waals surface area contributed by atoms with E-state index in [9.17, 15) is 0 Å². The van der Waals surface area contributed by atoms with E-state index in [0.717, 1.165) is 18.5 Å². The van der Waals surface area contributed by atoms with E-state index in [2.05, 4.69) is 23.8 Å². The number of rotatable bonds is 4. The van der Waals surface area contributed by atoms with Gasteiger partial charge in [-0.15, -0.1) is 0 Å². The maximum atomic E-state index is 4.29. The molecule has 0 saturated heterocycles. The molecule has 0 aliphatic carbocycles. The third-order valence-corrected chi connectivity index (χ3v) is 1.73. The van der Waals surface area contributed by atoms with Crippen LogP contribution < -0.4 is 0 Å². The normalized spacial score (nSPS) is 13.4. The average molecular weight is 175 g/mol. The summed E-state index contributed by atoms with van der Waals surface area (Å²) in [4.78, 5) is 8.42. The van der Waals surface area contributed by atoms with Gasteiger partial charge >= 0.3 is 0 Å². The molecular formula is C11H15N2. The molecule has 69 valence electrons. The fourth-order valence-electron chi connectivity index (χ4n) is 1.04. The van der Waals surface area contributed by atoms with E-state index in [0.29, 0.717) is 0 Å². The average Bonchev–Trinajstić information content (AvgIpc) is 2.17. The van der Waals surface area contributed by atoms with Gasteiger partial charge in [0.2, 0.25) is 0 Å². The molecule has 0 bridgehead atoms. The third kappa shape index (κ3) is 3.83. The van der Waals surface area contributed by atoms with Gasteiger partial charge in [0.1, 0.15) is 0 Å². The zero-order chi connectivity index (χ0) is 9.52. The van der Waals surface area contributed by atoms with Crippen LogP contribution in [0.25, 0.3) is 0 Å². The molecule has 0 aliphatic rings. The second kappa shape index (κ2) is 5.46. The molecule has 2 nitrogen and oxygen atoms in total. The second-order valence-corrected chi connectivity index (χ2v) is 2.98. The molecule has 0 spiro atoms. The van der Waals surface area contributed by atoms with E-state index in [1.165, 1.54) is 0 Å². The summed E-state index contributed by atoms with van der Waals surface area (Å²) in [6.07, 6.45) is 5.70. The SMILES string of the molecule is [CH2]C(CCC)N=Cc1ccccn1.